The fourth-order valence-electron chi connectivity index (χ4n) is 1.72. The van der Waals surface area contributed by atoms with Crippen molar-refractivity contribution in [3.63, 3.8) is 0 Å². The van der Waals surface area contributed by atoms with Crippen LogP contribution in [0.4, 0.5) is 0 Å². The average molecular weight is 248 g/mol. The first-order chi connectivity index (χ1) is 8.81. The van der Waals surface area contributed by atoms with E-state index < -0.39 is 0 Å². The number of fused-ring (bicyclic) bond motifs is 1. The number of amides is 1. The molecule has 2 rings (SSSR count). The van der Waals surface area contributed by atoms with Gasteiger partial charge in [0, 0.05) is 26.3 Å². The maximum Gasteiger partial charge on any atom is 0.245 e. The SMILES string of the molecule is COCC(=O)NCCCc1nnc2ccccn12. The van der Waals surface area contributed by atoms with Crippen molar-refractivity contribution >= 4 is 11.6 Å². The van der Waals surface area contributed by atoms with Gasteiger partial charge in [-0.05, 0) is 18.6 Å². The molecular weight excluding hydrogens is 232 g/mol. The molecular formula is C12H16N4O2. The molecule has 0 unspecified atom stereocenters. The molecule has 0 aliphatic carbocycles. The molecule has 2 aromatic heterocycles. The number of pyridine rings is 1. The molecule has 1 amide bonds. The minimum Gasteiger partial charge on any atom is -0.375 e. The molecule has 18 heavy (non-hydrogen) atoms. The maximum atomic E-state index is 11.1. The van der Waals surface area contributed by atoms with E-state index in [1.165, 1.54) is 7.11 Å². The van der Waals surface area contributed by atoms with E-state index in [4.69, 9.17) is 4.74 Å². The van der Waals surface area contributed by atoms with Crippen LogP contribution < -0.4 is 5.32 Å². The Morgan fingerprint density at radius 3 is 3.17 bits per heavy atom. The Kier molecular flexibility index (Phi) is 4.25. The zero-order valence-electron chi connectivity index (χ0n) is 10.3. The summed E-state index contributed by atoms with van der Waals surface area (Å²) in [5, 5.41) is 11.0. The van der Waals surface area contributed by atoms with Crippen LogP contribution in [0.5, 0.6) is 0 Å². The van der Waals surface area contributed by atoms with Crippen molar-refractivity contribution in [2.24, 2.45) is 0 Å². The van der Waals surface area contributed by atoms with Crippen LogP contribution in [0.15, 0.2) is 24.4 Å². The van der Waals surface area contributed by atoms with Gasteiger partial charge in [0.1, 0.15) is 12.4 Å². The number of nitrogens with zero attached hydrogens (tertiary/aromatic N) is 3. The van der Waals surface area contributed by atoms with E-state index in [0.29, 0.717) is 6.54 Å². The van der Waals surface area contributed by atoms with Crippen molar-refractivity contribution in [1.82, 2.24) is 19.9 Å². The second-order valence-corrected chi connectivity index (χ2v) is 3.93. The molecule has 0 radical (unpaired) electrons. The maximum absolute atomic E-state index is 11.1. The van der Waals surface area contributed by atoms with Gasteiger partial charge < -0.3 is 10.1 Å². The second-order valence-electron chi connectivity index (χ2n) is 3.93. The largest absolute Gasteiger partial charge is 0.375 e. The third-order valence-electron chi connectivity index (χ3n) is 2.56. The van der Waals surface area contributed by atoms with Gasteiger partial charge >= 0.3 is 0 Å². The summed E-state index contributed by atoms with van der Waals surface area (Å²) >= 11 is 0. The van der Waals surface area contributed by atoms with Crippen LogP contribution in [0.25, 0.3) is 5.65 Å². The van der Waals surface area contributed by atoms with Gasteiger partial charge in [-0.25, -0.2) is 0 Å². The lowest BCUT2D eigenvalue weighted by Gasteiger charge is -2.03. The van der Waals surface area contributed by atoms with E-state index in [2.05, 4.69) is 15.5 Å². The standard InChI is InChI=1S/C12H16N4O2/c1-18-9-12(17)13-7-4-6-11-15-14-10-5-2-3-8-16(10)11/h2-3,5,8H,4,6-7,9H2,1H3,(H,13,17). The summed E-state index contributed by atoms with van der Waals surface area (Å²) in [6, 6.07) is 5.79. The highest BCUT2D eigenvalue weighted by atomic mass is 16.5. The predicted octanol–water partition coefficient (Wildman–Crippen LogP) is 0.424. The Morgan fingerprint density at radius 1 is 1.44 bits per heavy atom. The van der Waals surface area contributed by atoms with Crippen molar-refractivity contribution in [2.75, 3.05) is 20.3 Å². The number of carbonyl (C=O) groups excluding carboxylic acids is 1. The van der Waals surface area contributed by atoms with Crippen molar-refractivity contribution < 1.29 is 9.53 Å². The fourth-order valence-corrected chi connectivity index (χ4v) is 1.72. The number of methoxy groups -OCH3 is 1. The van der Waals surface area contributed by atoms with Crippen LogP contribution in [0.3, 0.4) is 0 Å². The lowest BCUT2D eigenvalue weighted by atomic mass is 10.3. The first-order valence-electron chi connectivity index (χ1n) is 5.85. The molecule has 0 spiro atoms. The number of carbonyl (C=O) groups is 1. The van der Waals surface area contributed by atoms with Gasteiger partial charge in [0.2, 0.25) is 5.91 Å². The lowest BCUT2D eigenvalue weighted by molar-refractivity contribution is -0.124. The molecule has 0 saturated carbocycles. The molecule has 2 aromatic rings. The molecule has 0 saturated heterocycles. The fraction of sp³-hybridized carbons (Fsp3) is 0.417. The molecule has 0 aromatic carbocycles. The highest BCUT2D eigenvalue weighted by Crippen LogP contribution is 2.04. The molecule has 0 aliphatic heterocycles. The smallest absolute Gasteiger partial charge is 0.245 e. The monoisotopic (exact) mass is 248 g/mol. The average Bonchev–Trinajstić information content (AvgIpc) is 2.78. The number of hydrogen-bond donors (Lipinski definition) is 1. The number of aromatic nitrogens is 3. The van der Waals surface area contributed by atoms with E-state index in [0.717, 1.165) is 24.3 Å². The van der Waals surface area contributed by atoms with E-state index in [9.17, 15) is 4.79 Å². The van der Waals surface area contributed by atoms with Crippen LogP contribution in [0.2, 0.25) is 0 Å². The summed E-state index contributed by atoms with van der Waals surface area (Å²) in [5.41, 5.74) is 0.843. The molecule has 0 bridgehead atoms. The second kappa shape index (κ2) is 6.11. The van der Waals surface area contributed by atoms with Crippen LogP contribution >= 0.6 is 0 Å². The summed E-state index contributed by atoms with van der Waals surface area (Å²) in [7, 11) is 1.50. The van der Waals surface area contributed by atoms with E-state index >= 15 is 0 Å². The third-order valence-corrected chi connectivity index (χ3v) is 2.56. The zero-order valence-corrected chi connectivity index (χ0v) is 10.3. The van der Waals surface area contributed by atoms with Gasteiger partial charge in [-0.1, -0.05) is 6.07 Å². The Hall–Kier alpha value is -1.95. The van der Waals surface area contributed by atoms with Gasteiger partial charge in [-0.3, -0.25) is 9.20 Å². The summed E-state index contributed by atoms with van der Waals surface area (Å²) in [5.74, 6) is 0.815. The van der Waals surface area contributed by atoms with Crippen LogP contribution in [0, 0.1) is 0 Å². The van der Waals surface area contributed by atoms with Crippen LogP contribution in [-0.4, -0.2) is 40.8 Å². The summed E-state index contributed by atoms with van der Waals surface area (Å²) in [6.07, 6.45) is 3.54. The topological polar surface area (TPSA) is 68.5 Å². The molecule has 96 valence electrons. The molecule has 6 heteroatoms. The summed E-state index contributed by atoms with van der Waals surface area (Å²) in [4.78, 5) is 11.1. The summed E-state index contributed by atoms with van der Waals surface area (Å²) < 4.78 is 6.68. The first-order valence-corrected chi connectivity index (χ1v) is 5.85. The minimum absolute atomic E-state index is 0.0939. The summed E-state index contributed by atoms with van der Waals surface area (Å²) in [6.45, 7) is 0.720. The van der Waals surface area contributed by atoms with Crippen molar-refractivity contribution in [2.45, 2.75) is 12.8 Å². The van der Waals surface area contributed by atoms with Crippen LogP contribution in [-0.2, 0) is 16.0 Å². The van der Waals surface area contributed by atoms with Gasteiger partial charge in [0.25, 0.3) is 0 Å². The highest BCUT2D eigenvalue weighted by molar-refractivity contribution is 5.77. The Labute approximate surface area is 105 Å². The van der Waals surface area contributed by atoms with Crippen molar-refractivity contribution in [1.29, 1.82) is 0 Å². The van der Waals surface area contributed by atoms with Gasteiger partial charge in [-0.2, -0.15) is 0 Å². The predicted molar refractivity (Wildman–Crippen MR) is 66.2 cm³/mol. The first kappa shape index (κ1) is 12.5. The molecule has 1 N–H and O–H groups in total. The van der Waals surface area contributed by atoms with E-state index in [1.54, 1.807) is 0 Å². The van der Waals surface area contributed by atoms with Crippen molar-refractivity contribution in [3.05, 3.63) is 30.2 Å². The normalized spacial score (nSPS) is 10.7. The Balaban J connectivity index is 1.82. The minimum atomic E-state index is -0.0939. The van der Waals surface area contributed by atoms with E-state index in [1.807, 2.05) is 28.8 Å². The third kappa shape index (κ3) is 3.04. The Morgan fingerprint density at radius 2 is 2.33 bits per heavy atom. The molecule has 2 heterocycles. The number of aryl methyl sites for hydroxylation is 1. The van der Waals surface area contributed by atoms with Crippen molar-refractivity contribution in [3.8, 4) is 0 Å². The van der Waals surface area contributed by atoms with Gasteiger partial charge in [-0.15, -0.1) is 10.2 Å². The zero-order chi connectivity index (χ0) is 12.8. The van der Waals surface area contributed by atoms with Gasteiger partial charge in [0.15, 0.2) is 5.65 Å². The Bertz CT molecular complexity index is 524. The number of nitrogens with one attached hydrogen (secondary N) is 1. The van der Waals surface area contributed by atoms with Crippen LogP contribution in [0.1, 0.15) is 12.2 Å². The number of rotatable bonds is 6. The van der Waals surface area contributed by atoms with E-state index in [-0.39, 0.29) is 12.5 Å². The molecule has 6 nitrogen and oxygen atoms in total. The quantitative estimate of drug-likeness (QED) is 0.752. The lowest BCUT2D eigenvalue weighted by Crippen LogP contribution is -2.28. The van der Waals surface area contributed by atoms with Gasteiger partial charge in [0.05, 0.1) is 0 Å². The molecule has 0 atom stereocenters. The number of ether oxygens (including phenoxy) is 1. The molecule has 0 fully saturated rings. The molecule has 0 aliphatic rings. The number of hydrogen-bond acceptors (Lipinski definition) is 4. The highest BCUT2D eigenvalue weighted by Gasteiger charge is 2.04.